The van der Waals surface area contributed by atoms with Crippen molar-refractivity contribution in [2.75, 3.05) is 18.5 Å². The Balaban J connectivity index is 1.94. The molecule has 0 atom stereocenters. The smallest absolute Gasteiger partial charge is 0.161 e. The largest absolute Gasteiger partial charge is 0.454 e. The van der Waals surface area contributed by atoms with Crippen molar-refractivity contribution in [1.82, 2.24) is 0 Å². The van der Waals surface area contributed by atoms with Crippen LogP contribution in [0.25, 0.3) is 10.8 Å². The highest BCUT2D eigenvalue weighted by Gasteiger charge is 2.12. The van der Waals surface area contributed by atoms with Gasteiger partial charge < -0.3 is 9.64 Å². The van der Waals surface area contributed by atoms with Gasteiger partial charge in [-0.25, -0.2) is 0 Å². The molecular formula is C18H19NOS. The van der Waals surface area contributed by atoms with Gasteiger partial charge in [0.05, 0.1) is 0 Å². The third-order valence-corrected chi connectivity index (χ3v) is 4.49. The lowest BCUT2D eigenvalue weighted by Gasteiger charge is -2.18. The molecule has 0 amide bonds. The van der Waals surface area contributed by atoms with E-state index in [-0.39, 0.29) is 0 Å². The van der Waals surface area contributed by atoms with Crippen LogP contribution >= 0.6 is 11.3 Å². The Morgan fingerprint density at radius 2 is 1.81 bits per heavy atom. The first-order valence-corrected chi connectivity index (χ1v) is 8.12. The lowest BCUT2D eigenvalue weighted by atomic mass is 10.1. The van der Waals surface area contributed by atoms with Crippen molar-refractivity contribution in [3.8, 4) is 11.5 Å². The van der Waals surface area contributed by atoms with E-state index >= 15 is 0 Å². The zero-order chi connectivity index (χ0) is 14.7. The molecular weight excluding hydrogens is 278 g/mol. The van der Waals surface area contributed by atoms with Gasteiger partial charge in [0.2, 0.25) is 0 Å². The molecule has 0 bridgehead atoms. The maximum Gasteiger partial charge on any atom is 0.161 e. The number of hydrogen-bond acceptors (Lipinski definition) is 3. The van der Waals surface area contributed by atoms with E-state index in [0.717, 1.165) is 29.9 Å². The molecule has 3 heteroatoms. The summed E-state index contributed by atoms with van der Waals surface area (Å²) in [5, 5.41) is 5.62. The minimum Gasteiger partial charge on any atom is -0.454 e. The molecule has 0 fully saturated rings. The van der Waals surface area contributed by atoms with Crippen LogP contribution in [-0.4, -0.2) is 13.6 Å². The van der Waals surface area contributed by atoms with Gasteiger partial charge in [-0.2, -0.15) is 0 Å². The fourth-order valence-corrected chi connectivity index (χ4v) is 3.30. The van der Waals surface area contributed by atoms with Gasteiger partial charge in [0.15, 0.2) is 5.75 Å². The monoisotopic (exact) mass is 297 g/mol. The first-order chi connectivity index (χ1) is 10.3. The highest BCUT2D eigenvalue weighted by atomic mass is 32.1. The molecule has 0 saturated carbocycles. The van der Waals surface area contributed by atoms with E-state index in [1.165, 1.54) is 10.4 Å². The summed E-state index contributed by atoms with van der Waals surface area (Å²) in [5.74, 6) is 1.85. The predicted molar refractivity (Wildman–Crippen MR) is 91.9 cm³/mol. The quantitative estimate of drug-likeness (QED) is 0.613. The zero-order valence-electron chi connectivity index (χ0n) is 12.4. The SMILES string of the molecule is CCCN(C)c1sccc1Oc1cccc2ccccc12. The van der Waals surface area contributed by atoms with Gasteiger partial charge in [-0.15, -0.1) is 11.3 Å². The second-order valence-electron chi connectivity index (χ2n) is 5.09. The lowest BCUT2D eigenvalue weighted by Crippen LogP contribution is -2.16. The number of thiophene rings is 1. The van der Waals surface area contributed by atoms with Crippen LogP contribution in [0.15, 0.2) is 53.9 Å². The molecule has 0 aliphatic carbocycles. The normalized spacial score (nSPS) is 10.8. The van der Waals surface area contributed by atoms with Crippen LogP contribution in [0.2, 0.25) is 0 Å². The molecule has 2 aromatic carbocycles. The van der Waals surface area contributed by atoms with Crippen LogP contribution in [0.1, 0.15) is 13.3 Å². The summed E-state index contributed by atoms with van der Waals surface area (Å²) < 4.78 is 6.20. The van der Waals surface area contributed by atoms with Crippen LogP contribution in [0.3, 0.4) is 0 Å². The molecule has 1 heterocycles. The van der Waals surface area contributed by atoms with E-state index in [0.29, 0.717) is 0 Å². The number of benzene rings is 2. The molecule has 0 spiro atoms. The van der Waals surface area contributed by atoms with Gasteiger partial charge in [-0.05, 0) is 29.3 Å². The molecule has 0 N–H and O–H groups in total. The molecule has 0 unspecified atom stereocenters. The minimum atomic E-state index is 0.914. The highest BCUT2D eigenvalue weighted by molar-refractivity contribution is 7.14. The second kappa shape index (κ2) is 6.19. The molecule has 21 heavy (non-hydrogen) atoms. The fraction of sp³-hybridized carbons (Fsp3) is 0.222. The van der Waals surface area contributed by atoms with Crippen LogP contribution in [0, 0.1) is 0 Å². The van der Waals surface area contributed by atoms with Crippen LogP contribution in [-0.2, 0) is 0 Å². The van der Waals surface area contributed by atoms with Gasteiger partial charge in [0.1, 0.15) is 10.8 Å². The molecule has 2 nitrogen and oxygen atoms in total. The van der Waals surface area contributed by atoms with Crippen LogP contribution < -0.4 is 9.64 Å². The van der Waals surface area contributed by atoms with Crippen LogP contribution in [0.5, 0.6) is 11.5 Å². The van der Waals surface area contributed by atoms with Crippen molar-refractivity contribution in [1.29, 1.82) is 0 Å². The van der Waals surface area contributed by atoms with Crippen molar-refractivity contribution in [3.05, 3.63) is 53.9 Å². The maximum absolute atomic E-state index is 6.20. The average Bonchev–Trinajstić information content (AvgIpc) is 2.96. The third-order valence-electron chi connectivity index (χ3n) is 3.49. The predicted octanol–water partition coefficient (Wildman–Crippen LogP) is 5.54. The second-order valence-corrected chi connectivity index (χ2v) is 5.99. The van der Waals surface area contributed by atoms with E-state index in [2.05, 4.69) is 48.5 Å². The van der Waals surface area contributed by atoms with Crippen molar-refractivity contribution in [2.45, 2.75) is 13.3 Å². The molecule has 1 aromatic heterocycles. The molecule has 108 valence electrons. The Morgan fingerprint density at radius 3 is 2.67 bits per heavy atom. The van der Waals surface area contributed by atoms with E-state index in [9.17, 15) is 0 Å². The number of fused-ring (bicyclic) bond motifs is 1. The van der Waals surface area contributed by atoms with E-state index in [1.54, 1.807) is 11.3 Å². The molecule has 3 rings (SSSR count). The van der Waals surface area contributed by atoms with Gasteiger partial charge in [0, 0.05) is 19.0 Å². The van der Waals surface area contributed by atoms with E-state index < -0.39 is 0 Å². The summed E-state index contributed by atoms with van der Waals surface area (Å²) >= 11 is 1.72. The van der Waals surface area contributed by atoms with Gasteiger partial charge >= 0.3 is 0 Å². The van der Waals surface area contributed by atoms with Gasteiger partial charge in [-0.1, -0.05) is 43.3 Å². The summed E-state index contributed by atoms with van der Waals surface area (Å²) in [5.41, 5.74) is 0. The van der Waals surface area contributed by atoms with Crippen molar-refractivity contribution in [2.24, 2.45) is 0 Å². The third kappa shape index (κ3) is 2.88. The maximum atomic E-state index is 6.20. The average molecular weight is 297 g/mol. The Morgan fingerprint density at radius 1 is 1.00 bits per heavy atom. The number of anilines is 1. The molecule has 0 aliphatic rings. The number of ether oxygens (including phenoxy) is 1. The van der Waals surface area contributed by atoms with Crippen molar-refractivity contribution >= 4 is 27.1 Å². The van der Waals surface area contributed by atoms with Gasteiger partial charge in [0.25, 0.3) is 0 Å². The molecule has 0 aliphatic heterocycles. The van der Waals surface area contributed by atoms with E-state index in [1.807, 2.05) is 24.3 Å². The van der Waals surface area contributed by atoms with Crippen LogP contribution in [0.4, 0.5) is 5.00 Å². The molecule has 0 saturated heterocycles. The fourth-order valence-electron chi connectivity index (χ4n) is 2.49. The summed E-state index contributed by atoms with van der Waals surface area (Å²) in [6.07, 6.45) is 1.13. The minimum absolute atomic E-state index is 0.914. The number of rotatable bonds is 5. The molecule has 0 radical (unpaired) electrons. The standard InChI is InChI=1S/C18H19NOS/c1-3-12-19(2)18-17(11-13-21-18)20-16-10-6-8-14-7-4-5-9-15(14)16/h4-11,13H,3,12H2,1-2H3. The molecule has 3 aromatic rings. The number of nitrogens with zero attached hydrogens (tertiary/aromatic N) is 1. The van der Waals surface area contributed by atoms with Gasteiger partial charge in [-0.3, -0.25) is 0 Å². The van der Waals surface area contributed by atoms with Crippen molar-refractivity contribution < 1.29 is 4.74 Å². The summed E-state index contributed by atoms with van der Waals surface area (Å²) in [7, 11) is 2.12. The first-order valence-electron chi connectivity index (χ1n) is 7.24. The van der Waals surface area contributed by atoms with E-state index in [4.69, 9.17) is 4.74 Å². The topological polar surface area (TPSA) is 12.5 Å². The number of hydrogen-bond donors (Lipinski definition) is 0. The summed E-state index contributed by atoms with van der Waals surface area (Å²) in [4.78, 5) is 2.26. The summed E-state index contributed by atoms with van der Waals surface area (Å²) in [6, 6.07) is 16.5. The first kappa shape index (κ1) is 14.0. The Kier molecular flexibility index (Phi) is 4.11. The Labute approximate surface area is 129 Å². The Bertz CT molecular complexity index is 729. The summed E-state index contributed by atoms with van der Waals surface area (Å²) in [6.45, 7) is 3.22. The van der Waals surface area contributed by atoms with Crippen molar-refractivity contribution in [3.63, 3.8) is 0 Å². The Hall–Kier alpha value is -2.00. The highest BCUT2D eigenvalue weighted by Crippen LogP contribution is 2.39. The zero-order valence-corrected chi connectivity index (χ0v) is 13.2. The lowest BCUT2D eigenvalue weighted by molar-refractivity contribution is 0.490.